The van der Waals surface area contributed by atoms with Crippen molar-refractivity contribution < 1.29 is 15.3 Å². The summed E-state index contributed by atoms with van der Waals surface area (Å²) in [7, 11) is 0. The SMILES string of the molecule is C[C@]12CC[C@@H](O)[C@@H](O)[C@@H]1CC[C@@H]1[C@@H]2CC[C@]2(C)[C@@H](O)CC[C@@H]12. The van der Waals surface area contributed by atoms with E-state index < -0.39 is 12.2 Å². The lowest BCUT2D eigenvalue weighted by molar-refractivity contribution is -0.176. The fourth-order valence-corrected chi connectivity index (χ4v) is 7.29. The van der Waals surface area contributed by atoms with E-state index in [-0.39, 0.29) is 22.9 Å². The van der Waals surface area contributed by atoms with Gasteiger partial charge in [-0.05, 0) is 85.9 Å². The Morgan fingerprint density at radius 2 is 1.32 bits per heavy atom. The molecule has 0 bridgehead atoms. The summed E-state index contributed by atoms with van der Waals surface area (Å²) in [5.41, 5.74) is 0.327. The Morgan fingerprint density at radius 3 is 2.09 bits per heavy atom. The maximum absolute atomic E-state index is 10.5. The molecule has 4 rings (SSSR count). The second-order valence-electron chi connectivity index (χ2n) is 9.30. The van der Waals surface area contributed by atoms with Crippen molar-refractivity contribution in [1.29, 1.82) is 0 Å². The van der Waals surface area contributed by atoms with Crippen LogP contribution < -0.4 is 0 Å². The van der Waals surface area contributed by atoms with E-state index in [0.29, 0.717) is 11.8 Å². The minimum absolute atomic E-state index is 0.109. The number of hydrogen-bond acceptors (Lipinski definition) is 3. The van der Waals surface area contributed by atoms with Crippen LogP contribution in [0.4, 0.5) is 0 Å². The van der Waals surface area contributed by atoms with Crippen LogP contribution in [0.25, 0.3) is 0 Å². The molecule has 0 spiro atoms. The molecule has 9 atom stereocenters. The molecule has 126 valence electrons. The molecule has 4 aliphatic rings. The zero-order chi connectivity index (χ0) is 15.7. The maximum Gasteiger partial charge on any atom is 0.0832 e. The van der Waals surface area contributed by atoms with Gasteiger partial charge in [0.1, 0.15) is 0 Å². The third kappa shape index (κ3) is 1.85. The van der Waals surface area contributed by atoms with E-state index in [1.165, 1.54) is 19.3 Å². The first-order chi connectivity index (χ1) is 10.4. The maximum atomic E-state index is 10.5. The van der Waals surface area contributed by atoms with Crippen LogP contribution in [0.1, 0.15) is 65.2 Å². The standard InChI is InChI=1S/C19H32O3/c1-18-10-8-15(20)17(22)14(18)4-3-11-12-5-6-16(21)19(12,2)9-7-13(11)18/h11-17,20-22H,3-10H2,1-2H3/t11-,12-,13-,14-,15+,16-,17-,18+,19-/m0/s1. The Bertz CT molecular complexity index is 452. The highest BCUT2D eigenvalue weighted by atomic mass is 16.3. The van der Waals surface area contributed by atoms with Crippen LogP contribution in [0.3, 0.4) is 0 Å². The number of hydrogen-bond donors (Lipinski definition) is 3. The highest BCUT2D eigenvalue weighted by molar-refractivity contribution is 5.10. The summed E-state index contributed by atoms with van der Waals surface area (Å²) >= 11 is 0. The lowest BCUT2D eigenvalue weighted by atomic mass is 9.44. The molecule has 4 fully saturated rings. The molecule has 0 amide bonds. The van der Waals surface area contributed by atoms with Gasteiger partial charge in [0, 0.05) is 0 Å². The van der Waals surface area contributed by atoms with Crippen LogP contribution in [-0.4, -0.2) is 33.6 Å². The van der Waals surface area contributed by atoms with Gasteiger partial charge in [-0.3, -0.25) is 0 Å². The first-order valence-corrected chi connectivity index (χ1v) is 9.42. The molecule has 4 aliphatic carbocycles. The van der Waals surface area contributed by atoms with E-state index in [4.69, 9.17) is 0 Å². The van der Waals surface area contributed by atoms with Crippen molar-refractivity contribution in [2.45, 2.75) is 83.5 Å². The van der Waals surface area contributed by atoms with Gasteiger partial charge >= 0.3 is 0 Å². The van der Waals surface area contributed by atoms with Crippen LogP contribution in [0.5, 0.6) is 0 Å². The average molecular weight is 308 g/mol. The van der Waals surface area contributed by atoms with Crippen molar-refractivity contribution in [2.24, 2.45) is 34.5 Å². The Hall–Kier alpha value is -0.120. The van der Waals surface area contributed by atoms with Crippen LogP contribution >= 0.6 is 0 Å². The predicted molar refractivity (Wildman–Crippen MR) is 85.1 cm³/mol. The number of rotatable bonds is 0. The monoisotopic (exact) mass is 308 g/mol. The second-order valence-corrected chi connectivity index (χ2v) is 9.30. The summed E-state index contributed by atoms with van der Waals surface area (Å²) in [5, 5.41) is 31.1. The lowest BCUT2D eigenvalue weighted by Crippen LogP contribution is -2.58. The predicted octanol–water partition coefficient (Wildman–Crippen LogP) is 2.72. The van der Waals surface area contributed by atoms with Crippen LogP contribution in [0.15, 0.2) is 0 Å². The molecule has 0 unspecified atom stereocenters. The van der Waals surface area contributed by atoms with Gasteiger partial charge in [-0.1, -0.05) is 13.8 Å². The van der Waals surface area contributed by atoms with E-state index >= 15 is 0 Å². The molecule has 0 aromatic heterocycles. The van der Waals surface area contributed by atoms with Gasteiger partial charge in [-0.2, -0.15) is 0 Å². The zero-order valence-corrected chi connectivity index (χ0v) is 14.0. The van der Waals surface area contributed by atoms with Gasteiger partial charge in [0.2, 0.25) is 0 Å². The van der Waals surface area contributed by atoms with Gasteiger partial charge < -0.3 is 15.3 Å². The Balaban J connectivity index is 1.64. The smallest absolute Gasteiger partial charge is 0.0832 e. The van der Waals surface area contributed by atoms with Crippen LogP contribution in [0.2, 0.25) is 0 Å². The van der Waals surface area contributed by atoms with E-state index in [2.05, 4.69) is 13.8 Å². The second kappa shape index (κ2) is 4.94. The molecule has 3 heteroatoms. The Kier molecular flexibility index (Phi) is 3.46. The summed E-state index contributed by atoms with van der Waals surface area (Å²) < 4.78 is 0. The lowest BCUT2D eigenvalue weighted by Gasteiger charge is -2.61. The van der Waals surface area contributed by atoms with Gasteiger partial charge in [0.25, 0.3) is 0 Å². The number of fused-ring (bicyclic) bond motifs is 5. The molecule has 0 aromatic rings. The molecule has 0 aromatic carbocycles. The van der Waals surface area contributed by atoms with Crippen molar-refractivity contribution in [3.63, 3.8) is 0 Å². The minimum Gasteiger partial charge on any atom is -0.393 e. The molecule has 3 N–H and O–H groups in total. The zero-order valence-electron chi connectivity index (χ0n) is 14.0. The summed E-state index contributed by atoms with van der Waals surface area (Å²) in [6.45, 7) is 4.71. The summed E-state index contributed by atoms with van der Waals surface area (Å²) in [4.78, 5) is 0. The summed E-state index contributed by atoms with van der Waals surface area (Å²) in [6, 6.07) is 0. The van der Waals surface area contributed by atoms with Crippen molar-refractivity contribution in [2.75, 3.05) is 0 Å². The first-order valence-electron chi connectivity index (χ1n) is 9.42. The largest absolute Gasteiger partial charge is 0.393 e. The Morgan fingerprint density at radius 1 is 0.682 bits per heavy atom. The number of aliphatic hydroxyl groups excluding tert-OH is 3. The molecule has 4 saturated carbocycles. The molecule has 0 heterocycles. The van der Waals surface area contributed by atoms with Crippen LogP contribution in [-0.2, 0) is 0 Å². The van der Waals surface area contributed by atoms with E-state index in [0.717, 1.165) is 38.0 Å². The third-order valence-corrected chi connectivity index (χ3v) is 8.68. The average Bonchev–Trinajstić information content (AvgIpc) is 2.79. The minimum atomic E-state index is -0.526. The summed E-state index contributed by atoms with van der Waals surface area (Å²) in [6.07, 6.45) is 7.40. The van der Waals surface area contributed by atoms with Crippen molar-refractivity contribution in [3.8, 4) is 0 Å². The van der Waals surface area contributed by atoms with Crippen LogP contribution in [0, 0.1) is 34.5 Å². The molecule has 0 radical (unpaired) electrons. The highest BCUT2D eigenvalue weighted by Gasteiger charge is 2.61. The van der Waals surface area contributed by atoms with E-state index in [1.807, 2.05) is 0 Å². The van der Waals surface area contributed by atoms with Crippen molar-refractivity contribution in [1.82, 2.24) is 0 Å². The van der Waals surface area contributed by atoms with E-state index in [1.54, 1.807) is 0 Å². The molecule has 0 saturated heterocycles. The Labute approximate surface area is 134 Å². The van der Waals surface area contributed by atoms with Gasteiger partial charge in [-0.15, -0.1) is 0 Å². The van der Waals surface area contributed by atoms with Crippen molar-refractivity contribution in [3.05, 3.63) is 0 Å². The van der Waals surface area contributed by atoms with Gasteiger partial charge in [-0.25, -0.2) is 0 Å². The van der Waals surface area contributed by atoms with E-state index in [9.17, 15) is 15.3 Å². The van der Waals surface area contributed by atoms with Crippen molar-refractivity contribution >= 4 is 0 Å². The topological polar surface area (TPSA) is 60.7 Å². The van der Waals surface area contributed by atoms with Gasteiger partial charge in [0.05, 0.1) is 18.3 Å². The third-order valence-electron chi connectivity index (χ3n) is 8.68. The molecule has 0 aliphatic heterocycles. The fourth-order valence-electron chi connectivity index (χ4n) is 7.29. The molecular weight excluding hydrogens is 276 g/mol. The fraction of sp³-hybridized carbons (Fsp3) is 1.00. The quantitative estimate of drug-likeness (QED) is 0.645. The molecule has 3 nitrogen and oxygen atoms in total. The molecular formula is C19H32O3. The van der Waals surface area contributed by atoms with Gasteiger partial charge in [0.15, 0.2) is 0 Å². The summed E-state index contributed by atoms with van der Waals surface area (Å²) in [5.74, 6) is 2.34. The number of aliphatic hydroxyl groups is 3. The first kappa shape index (κ1) is 15.4. The normalized spacial score (nSPS) is 61.2. The highest BCUT2D eigenvalue weighted by Crippen LogP contribution is 2.66. The molecule has 22 heavy (non-hydrogen) atoms.